The summed E-state index contributed by atoms with van der Waals surface area (Å²) in [7, 11) is 0. The molecule has 0 aromatic carbocycles. The fraction of sp³-hybridized carbons (Fsp3) is 0.333. The molecule has 11 heavy (non-hydrogen) atoms. The molecule has 0 heterocycles. The molecule has 0 fully saturated rings. The van der Waals surface area contributed by atoms with Gasteiger partial charge in [0.05, 0.1) is 0 Å². The summed E-state index contributed by atoms with van der Waals surface area (Å²) in [6.45, 7) is 8.31. The van der Waals surface area contributed by atoms with Crippen LogP contribution in [0.2, 0.25) is 0 Å². The summed E-state index contributed by atoms with van der Waals surface area (Å²) in [5, 5.41) is 0. The van der Waals surface area contributed by atoms with Gasteiger partial charge in [-0.1, -0.05) is 0 Å². The van der Waals surface area contributed by atoms with E-state index in [1.165, 1.54) is 0 Å². The fourth-order valence-electron chi connectivity index (χ4n) is 0.354. The van der Waals surface area contributed by atoms with Gasteiger partial charge in [-0.05, 0) is 0 Å². The summed E-state index contributed by atoms with van der Waals surface area (Å²) in [5.41, 5.74) is 0. The molecular formula is C6H10I2O2Zr. The predicted molar refractivity (Wildman–Crippen MR) is 60.3 cm³/mol. The summed E-state index contributed by atoms with van der Waals surface area (Å²) in [6, 6.07) is 0. The molecule has 0 aliphatic rings. The second kappa shape index (κ2) is 7.18. The Labute approximate surface area is 91.4 Å². The Balaban J connectivity index is 3.59. The van der Waals surface area contributed by atoms with Crippen molar-refractivity contribution in [2.45, 2.75) is 0 Å². The first-order chi connectivity index (χ1) is 5.12. The summed E-state index contributed by atoms with van der Waals surface area (Å²) < 4.78 is 11.0. The molecule has 0 aliphatic heterocycles. The van der Waals surface area contributed by atoms with Crippen LogP contribution in [0.5, 0.6) is 0 Å². The van der Waals surface area contributed by atoms with Gasteiger partial charge in [0.2, 0.25) is 0 Å². The van der Waals surface area contributed by atoms with E-state index in [1.807, 2.05) is 0 Å². The first kappa shape index (κ1) is 12.7. The van der Waals surface area contributed by atoms with Crippen molar-refractivity contribution >= 4 is 36.1 Å². The van der Waals surface area contributed by atoms with Gasteiger partial charge in [0.25, 0.3) is 0 Å². The molecule has 0 radical (unpaired) electrons. The quantitative estimate of drug-likeness (QED) is 0.449. The Bertz CT molecular complexity index is 125. The SMILES string of the molecule is C=CC[O][Zr]([I])([I])[O]CC=C. The maximum atomic E-state index is 5.48. The van der Waals surface area contributed by atoms with Crippen LogP contribution < -0.4 is 0 Å². The molecule has 0 spiro atoms. The predicted octanol–water partition coefficient (Wildman–Crippen LogP) is 3.08. The molecule has 0 aliphatic carbocycles. The van der Waals surface area contributed by atoms with Crippen molar-refractivity contribution in [2.75, 3.05) is 13.2 Å². The van der Waals surface area contributed by atoms with Gasteiger partial charge in [0.1, 0.15) is 0 Å². The van der Waals surface area contributed by atoms with E-state index in [0.717, 1.165) is 0 Å². The Hall–Kier alpha value is 1.74. The average Bonchev–Trinajstić information content (AvgIpc) is 1.97. The van der Waals surface area contributed by atoms with E-state index >= 15 is 0 Å². The van der Waals surface area contributed by atoms with Crippen molar-refractivity contribution in [2.24, 2.45) is 0 Å². The molecule has 0 bridgehead atoms. The minimum atomic E-state index is -2.64. The summed E-state index contributed by atoms with van der Waals surface area (Å²) in [4.78, 5) is 0. The molecule has 0 aromatic rings. The van der Waals surface area contributed by atoms with Gasteiger partial charge in [0, 0.05) is 0 Å². The first-order valence-corrected chi connectivity index (χ1v) is 19.6. The van der Waals surface area contributed by atoms with Crippen molar-refractivity contribution < 1.29 is 18.4 Å². The molecule has 0 N–H and O–H groups in total. The summed E-state index contributed by atoms with van der Waals surface area (Å²) >= 11 is 1.92. The van der Waals surface area contributed by atoms with Crippen molar-refractivity contribution in [3.05, 3.63) is 25.3 Å². The van der Waals surface area contributed by atoms with E-state index in [9.17, 15) is 0 Å². The normalized spacial score (nSPS) is 11.1. The van der Waals surface area contributed by atoms with Crippen LogP contribution in [0.1, 0.15) is 0 Å². The van der Waals surface area contributed by atoms with E-state index in [1.54, 1.807) is 12.2 Å². The van der Waals surface area contributed by atoms with E-state index in [2.05, 4.69) is 49.2 Å². The Morgan fingerprint density at radius 3 is 1.73 bits per heavy atom. The van der Waals surface area contributed by atoms with Gasteiger partial charge in [-0.25, -0.2) is 0 Å². The summed E-state index contributed by atoms with van der Waals surface area (Å²) in [5.74, 6) is 0. The Morgan fingerprint density at radius 1 is 1.09 bits per heavy atom. The monoisotopic (exact) mass is 458 g/mol. The van der Waals surface area contributed by atoms with Crippen molar-refractivity contribution in [3.63, 3.8) is 0 Å². The van der Waals surface area contributed by atoms with Crippen molar-refractivity contribution in [1.82, 2.24) is 0 Å². The maximum absolute atomic E-state index is 5.48. The van der Waals surface area contributed by atoms with Crippen LogP contribution in [-0.2, 0) is 18.4 Å². The number of hydrogen-bond donors (Lipinski definition) is 0. The van der Waals surface area contributed by atoms with Gasteiger partial charge in [-0.3, -0.25) is 0 Å². The third-order valence-electron chi connectivity index (χ3n) is 0.738. The molecule has 5 heteroatoms. The molecule has 0 aromatic heterocycles. The fourth-order valence-corrected chi connectivity index (χ4v) is 6.35. The van der Waals surface area contributed by atoms with E-state index in [0.29, 0.717) is 13.2 Å². The molecule has 2 nitrogen and oxygen atoms in total. The van der Waals surface area contributed by atoms with Crippen LogP contribution in [0.3, 0.4) is 0 Å². The van der Waals surface area contributed by atoms with Crippen LogP contribution in [0.4, 0.5) is 0 Å². The Kier molecular flexibility index (Phi) is 8.31. The van der Waals surface area contributed by atoms with E-state index in [4.69, 9.17) is 5.63 Å². The zero-order valence-electron chi connectivity index (χ0n) is 6.06. The molecule has 0 saturated carbocycles. The van der Waals surface area contributed by atoms with Crippen LogP contribution in [0, 0.1) is 0 Å². The number of hydrogen-bond acceptors (Lipinski definition) is 2. The van der Waals surface area contributed by atoms with E-state index < -0.39 is 12.8 Å². The van der Waals surface area contributed by atoms with Gasteiger partial charge < -0.3 is 0 Å². The zero-order valence-corrected chi connectivity index (χ0v) is 12.8. The molecule has 64 valence electrons. The molecule has 0 unspecified atom stereocenters. The third kappa shape index (κ3) is 8.08. The Morgan fingerprint density at radius 2 is 1.45 bits per heavy atom. The zero-order chi connectivity index (χ0) is 8.74. The first-order valence-electron chi connectivity index (χ1n) is 3.00. The number of halogens is 2. The van der Waals surface area contributed by atoms with Crippen LogP contribution in [-0.4, -0.2) is 13.2 Å². The number of rotatable bonds is 6. The summed E-state index contributed by atoms with van der Waals surface area (Å²) in [6.07, 6.45) is 3.47. The van der Waals surface area contributed by atoms with Crippen molar-refractivity contribution in [1.29, 1.82) is 0 Å². The second-order valence-electron chi connectivity index (χ2n) is 1.66. The van der Waals surface area contributed by atoms with E-state index in [-0.39, 0.29) is 0 Å². The second-order valence-corrected chi connectivity index (χ2v) is 34.4. The third-order valence-corrected chi connectivity index (χ3v) is 10.6. The molecular weight excluding hydrogens is 449 g/mol. The molecule has 0 amide bonds. The van der Waals surface area contributed by atoms with Gasteiger partial charge in [-0.2, -0.15) is 0 Å². The molecule has 0 saturated heterocycles. The standard InChI is InChI=1S/2C3H5O.2HI.Zr/c2*1-2-3-4;;;/h2*2H,1,3H2;2*1H;/q2*-1;;;+4/p-2. The van der Waals surface area contributed by atoms with Crippen LogP contribution in [0.15, 0.2) is 25.3 Å². The van der Waals surface area contributed by atoms with Gasteiger partial charge in [0.15, 0.2) is 0 Å². The van der Waals surface area contributed by atoms with Crippen molar-refractivity contribution in [3.8, 4) is 0 Å². The minimum absolute atomic E-state index is 0.582. The van der Waals surface area contributed by atoms with Gasteiger partial charge in [-0.15, -0.1) is 0 Å². The average molecular weight is 459 g/mol. The van der Waals surface area contributed by atoms with Gasteiger partial charge >= 0.3 is 93.0 Å². The van der Waals surface area contributed by atoms with Crippen LogP contribution >= 0.6 is 36.1 Å². The van der Waals surface area contributed by atoms with Crippen LogP contribution in [0.25, 0.3) is 0 Å². The molecule has 0 atom stereocenters. The molecule has 0 rings (SSSR count). The topological polar surface area (TPSA) is 18.5 Å².